The zero-order valence-corrected chi connectivity index (χ0v) is 10.5. The fourth-order valence-electron chi connectivity index (χ4n) is 1.85. The van der Waals surface area contributed by atoms with Gasteiger partial charge in [-0.1, -0.05) is 28.1 Å². The van der Waals surface area contributed by atoms with Crippen LogP contribution in [0.5, 0.6) is 0 Å². The van der Waals surface area contributed by atoms with Crippen molar-refractivity contribution in [2.24, 2.45) is 5.92 Å². The summed E-state index contributed by atoms with van der Waals surface area (Å²) in [7, 11) is 0. The minimum absolute atomic E-state index is 0.0962. The van der Waals surface area contributed by atoms with Crippen LogP contribution in [-0.4, -0.2) is 5.91 Å². The first kappa shape index (κ1) is 11.4. The Morgan fingerprint density at radius 3 is 2.75 bits per heavy atom. The second kappa shape index (κ2) is 5.30. The normalized spacial score (nSPS) is 18.7. The van der Waals surface area contributed by atoms with Crippen LogP contribution in [-0.2, 0) is 4.79 Å². The minimum Gasteiger partial charge on any atom is -0.326 e. The van der Waals surface area contributed by atoms with Crippen LogP contribution in [0.4, 0.5) is 5.69 Å². The largest absolute Gasteiger partial charge is 0.326 e. The van der Waals surface area contributed by atoms with Gasteiger partial charge in [-0.05, 0) is 43.0 Å². The quantitative estimate of drug-likeness (QED) is 0.839. The van der Waals surface area contributed by atoms with Gasteiger partial charge in [0.05, 0.1) is 0 Å². The third-order valence-corrected chi connectivity index (χ3v) is 3.22. The third-order valence-electron chi connectivity index (χ3n) is 2.69. The summed E-state index contributed by atoms with van der Waals surface area (Å²) in [6, 6.07) is 7.63. The predicted molar refractivity (Wildman–Crippen MR) is 69.3 cm³/mol. The van der Waals surface area contributed by atoms with Crippen molar-refractivity contribution in [3.05, 3.63) is 40.9 Å². The smallest absolute Gasteiger partial charge is 0.224 e. The van der Waals surface area contributed by atoms with E-state index in [1.807, 2.05) is 24.3 Å². The number of amides is 1. The van der Waals surface area contributed by atoms with E-state index in [2.05, 4.69) is 33.4 Å². The fourth-order valence-corrected chi connectivity index (χ4v) is 2.11. The monoisotopic (exact) mass is 279 g/mol. The maximum atomic E-state index is 11.7. The van der Waals surface area contributed by atoms with Crippen molar-refractivity contribution >= 4 is 27.5 Å². The molecule has 2 rings (SSSR count). The number of hydrogen-bond donors (Lipinski definition) is 1. The molecule has 1 atom stereocenters. The number of hydrogen-bond acceptors (Lipinski definition) is 1. The second-order valence-corrected chi connectivity index (χ2v) is 4.94. The van der Waals surface area contributed by atoms with Gasteiger partial charge >= 0.3 is 0 Å². The van der Waals surface area contributed by atoms with Crippen LogP contribution >= 0.6 is 15.9 Å². The number of rotatable bonds is 3. The first-order valence-corrected chi connectivity index (χ1v) is 6.25. The van der Waals surface area contributed by atoms with Crippen molar-refractivity contribution in [2.45, 2.75) is 19.3 Å². The van der Waals surface area contributed by atoms with E-state index in [-0.39, 0.29) is 5.91 Å². The molecule has 3 heteroatoms. The third kappa shape index (κ3) is 3.20. The zero-order valence-electron chi connectivity index (χ0n) is 8.95. The van der Waals surface area contributed by atoms with Gasteiger partial charge < -0.3 is 5.32 Å². The first-order valence-electron chi connectivity index (χ1n) is 5.46. The average Bonchev–Trinajstić information content (AvgIpc) is 2.74. The Bertz CT molecular complexity index is 397. The van der Waals surface area contributed by atoms with E-state index < -0.39 is 0 Å². The summed E-state index contributed by atoms with van der Waals surface area (Å²) in [5.41, 5.74) is 0.857. The highest BCUT2D eigenvalue weighted by Crippen LogP contribution is 2.21. The molecule has 0 saturated heterocycles. The Morgan fingerprint density at radius 1 is 1.38 bits per heavy atom. The van der Waals surface area contributed by atoms with Gasteiger partial charge in [-0.2, -0.15) is 0 Å². The van der Waals surface area contributed by atoms with Crippen molar-refractivity contribution < 1.29 is 4.79 Å². The lowest BCUT2D eigenvalue weighted by Gasteiger charge is -2.08. The average molecular weight is 280 g/mol. The van der Waals surface area contributed by atoms with Crippen LogP contribution in [0.25, 0.3) is 0 Å². The number of nitrogens with one attached hydrogen (secondary N) is 1. The van der Waals surface area contributed by atoms with Crippen molar-refractivity contribution in [3.8, 4) is 0 Å². The molecule has 1 amide bonds. The van der Waals surface area contributed by atoms with Gasteiger partial charge in [0, 0.05) is 16.6 Å². The Balaban J connectivity index is 1.86. The Hall–Kier alpha value is -1.09. The van der Waals surface area contributed by atoms with E-state index >= 15 is 0 Å². The molecule has 16 heavy (non-hydrogen) atoms. The molecule has 0 unspecified atom stereocenters. The van der Waals surface area contributed by atoms with Crippen molar-refractivity contribution in [1.29, 1.82) is 0 Å². The van der Waals surface area contributed by atoms with Gasteiger partial charge in [-0.3, -0.25) is 4.79 Å². The van der Waals surface area contributed by atoms with Gasteiger partial charge in [-0.25, -0.2) is 0 Å². The number of anilines is 1. The summed E-state index contributed by atoms with van der Waals surface area (Å²) in [5.74, 6) is 0.523. The minimum atomic E-state index is 0.0962. The van der Waals surface area contributed by atoms with Gasteiger partial charge in [0.25, 0.3) is 0 Å². The summed E-state index contributed by atoms with van der Waals surface area (Å²) < 4.78 is 1.02. The topological polar surface area (TPSA) is 29.1 Å². The number of allylic oxidation sites excluding steroid dienone is 2. The van der Waals surface area contributed by atoms with E-state index in [1.54, 1.807) is 0 Å². The Kier molecular flexibility index (Phi) is 3.78. The SMILES string of the molecule is O=C(C[C@@H]1C=CCC1)Nc1ccc(Br)cc1. The molecule has 0 aliphatic heterocycles. The molecule has 84 valence electrons. The maximum Gasteiger partial charge on any atom is 0.224 e. The molecule has 1 aliphatic rings. The van der Waals surface area contributed by atoms with Crippen molar-refractivity contribution in [2.75, 3.05) is 5.32 Å². The lowest BCUT2D eigenvalue weighted by atomic mass is 10.1. The molecule has 1 aromatic carbocycles. The van der Waals surface area contributed by atoms with Crippen LogP contribution in [0.1, 0.15) is 19.3 Å². The predicted octanol–water partition coefficient (Wildman–Crippen LogP) is 3.74. The zero-order chi connectivity index (χ0) is 11.4. The van der Waals surface area contributed by atoms with Crippen LogP contribution in [0.2, 0.25) is 0 Å². The fraction of sp³-hybridized carbons (Fsp3) is 0.308. The van der Waals surface area contributed by atoms with Crippen molar-refractivity contribution in [3.63, 3.8) is 0 Å². The Morgan fingerprint density at radius 2 is 2.12 bits per heavy atom. The van der Waals surface area contributed by atoms with Crippen LogP contribution in [0, 0.1) is 5.92 Å². The second-order valence-electron chi connectivity index (χ2n) is 4.02. The molecule has 1 aromatic rings. The van der Waals surface area contributed by atoms with Crippen LogP contribution in [0.15, 0.2) is 40.9 Å². The summed E-state index contributed by atoms with van der Waals surface area (Å²) in [5, 5.41) is 2.90. The summed E-state index contributed by atoms with van der Waals surface area (Å²) >= 11 is 3.36. The van der Waals surface area contributed by atoms with Gasteiger partial charge in [0.1, 0.15) is 0 Å². The molecule has 0 fully saturated rings. The van der Waals surface area contributed by atoms with Gasteiger partial charge in [-0.15, -0.1) is 0 Å². The number of carbonyl (C=O) groups excluding carboxylic acids is 1. The summed E-state index contributed by atoms with van der Waals surface area (Å²) in [6.45, 7) is 0. The maximum absolute atomic E-state index is 11.7. The molecule has 1 aliphatic carbocycles. The first-order chi connectivity index (χ1) is 7.74. The highest BCUT2D eigenvalue weighted by atomic mass is 79.9. The van der Waals surface area contributed by atoms with E-state index in [4.69, 9.17) is 0 Å². The molecular weight excluding hydrogens is 266 g/mol. The molecule has 1 N–H and O–H groups in total. The Labute approximate surface area is 104 Å². The van der Waals surface area contributed by atoms with Gasteiger partial charge in [0.15, 0.2) is 0 Å². The summed E-state index contributed by atoms with van der Waals surface area (Å²) in [6.07, 6.45) is 7.09. The molecule has 0 heterocycles. The highest BCUT2D eigenvalue weighted by molar-refractivity contribution is 9.10. The van der Waals surface area contributed by atoms with E-state index in [1.165, 1.54) is 0 Å². The molecule has 2 nitrogen and oxygen atoms in total. The molecular formula is C13H14BrNO. The molecule has 0 radical (unpaired) electrons. The number of benzene rings is 1. The van der Waals surface area contributed by atoms with E-state index in [9.17, 15) is 4.79 Å². The number of carbonyl (C=O) groups is 1. The van der Waals surface area contributed by atoms with Crippen LogP contribution in [0.3, 0.4) is 0 Å². The number of halogens is 1. The van der Waals surface area contributed by atoms with Crippen LogP contribution < -0.4 is 5.32 Å². The van der Waals surface area contributed by atoms with Gasteiger partial charge in [0.2, 0.25) is 5.91 Å². The van der Waals surface area contributed by atoms with E-state index in [0.717, 1.165) is 23.0 Å². The molecule has 0 aromatic heterocycles. The van der Waals surface area contributed by atoms with E-state index in [0.29, 0.717) is 12.3 Å². The molecule has 0 saturated carbocycles. The van der Waals surface area contributed by atoms with Crippen molar-refractivity contribution in [1.82, 2.24) is 0 Å². The summed E-state index contributed by atoms with van der Waals surface area (Å²) in [4.78, 5) is 11.7. The lowest BCUT2D eigenvalue weighted by Crippen LogP contribution is -2.14. The standard InChI is InChI=1S/C13H14BrNO/c14-11-5-7-12(8-6-11)15-13(16)9-10-3-1-2-4-10/h1,3,5-8,10H,2,4,9H2,(H,15,16)/t10-/m1/s1. The molecule has 0 bridgehead atoms. The lowest BCUT2D eigenvalue weighted by molar-refractivity contribution is -0.116. The molecule has 0 spiro atoms. The highest BCUT2D eigenvalue weighted by Gasteiger charge is 2.13.